The molecule has 2 atom stereocenters. The molecule has 3 N–H and O–H groups in total. The molecule has 1 heterocycles. The van der Waals surface area contributed by atoms with Crippen molar-refractivity contribution >= 4 is 11.9 Å². The summed E-state index contributed by atoms with van der Waals surface area (Å²) < 4.78 is 0. The molecule has 1 aromatic carbocycles. The molecule has 5 nitrogen and oxygen atoms in total. The highest BCUT2D eigenvalue weighted by molar-refractivity contribution is 6.03. The highest BCUT2D eigenvalue weighted by Gasteiger charge is 2.37. The van der Waals surface area contributed by atoms with Crippen LogP contribution in [-0.2, 0) is 0 Å². The third kappa shape index (κ3) is 1.89. The van der Waals surface area contributed by atoms with Crippen LogP contribution in [0.4, 0.5) is 4.79 Å². The van der Waals surface area contributed by atoms with Gasteiger partial charge in [0.15, 0.2) is 0 Å². The Bertz CT molecular complexity index is 542. The minimum atomic E-state index is -0.468. The number of hydrogen-bond donors (Lipinski definition) is 2. The lowest BCUT2D eigenvalue weighted by molar-refractivity contribution is 0.199. The van der Waals surface area contributed by atoms with Crippen LogP contribution in [-0.4, -0.2) is 27.9 Å². The predicted octanol–water partition coefficient (Wildman–Crippen LogP) is 1.25. The van der Waals surface area contributed by atoms with Crippen molar-refractivity contribution in [2.45, 2.75) is 19.0 Å². The Kier molecular flexibility index (Phi) is 2.94. The van der Waals surface area contributed by atoms with E-state index in [-0.39, 0.29) is 11.6 Å². The number of urea groups is 1. The van der Waals surface area contributed by atoms with Gasteiger partial charge >= 0.3 is 6.03 Å². The molecule has 2 amide bonds. The van der Waals surface area contributed by atoms with Crippen LogP contribution in [0.15, 0.2) is 29.3 Å². The van der Waals surface area contributed by atoms with Crippen molar-refractivity contribution in [2.75, 3.05) is 0 Å². The van der Waals surface area contributed by atoms with Gasteiger partial charge in [-0.05, 0) is 24.6 Å². The minimum absolute atomic E-state index is 0.148. The number of amides is 2. The van der Waals surface area contributed by atoms with E-state index in [1.807, 2.05) is 0 Å². The maximum absolute atomic E-state index is 11.7. The third-order valence-electron chi connectivity index (χ3n) is 2.87. The van der Waals surface area contributed by atoms with E-state index in [2.05, 4.69) is 10.9 Å². The molecule has 2 rings (SSSR count). The summed E-state index contributed by atoms with van der Waals surface area (Å²) in [4.78, 5) is 16.9. The van der Waals surface area contributed by atoms with Crippen molar-refractivity contribution in [3.8, 4) is 18.1 Å². The Labute approximate surface area is 105 Å². The van der Waals surface area contributed by atoms with Gasteiger partial charge in [0.25, 0.3) is 0 Å². The molecule has 0 aliphatic carbocycles. The van der Waals surface area contributed by atoms with E-state index in [0.29, 0.717) is 0 Å². The number of aromatic hydroxyl groups is 1. The summed E-state index contributed by atoms with van der Waals surface area (Å²) in [6, 6.07) is 5.14. The Balaban J connectivity index is 2.41. The first-order valence-electron chi connectivity index (χ1n) is 5.46. The maximum Gasteiger partial charge on any atom is 0.347 e. The van der Waals surface area contributed by atoms with Crippen LogP contribution in [0.2, 0.25) is 0 Å². The van der Waals surface area contributed by atoms with Gasteiger partial charge in [-0.1, -0.05) is 18.1 Å². The number of nitrogens with zero attached hydrogens (tertiary/aromatic N) is 2. The summed E-state index contributed by atoms with van der Waals surface area (Å²) in [5, 5.41) is 9.26. The van der Waals surface area contributed by atoms with E-state index < -0.39 is 18.1 Å². The number of carbonyl (C=O) groups is 1. The topological polar surface area (TPSA) is 78.9 Å². The standard InChI is InChI=1S/C13H13N3O2/c1-3-8(2)16-11(12(14)15-13(16)18)9-4-6-10(17)7-5-9/h1,4-8,11,17H,2H3,(H2,14,15,18). The molecule has 0 saturated heterocycles. The molecule has 0 fully saturated rings. The summed E-state index contributed by atoms with van der Waals surface area (Å²) in [5.74, 6) is 2.86. The second-order valence-electron chi connectivity index (χ2n) is 4.06. The number of benzene rings is 1. The number of phenols is 1. The van der Waals surface area contributed by atoms with E-state index in [0.717, 1.165) is 5.56 Å². The smallest absolute Gasteiger partial charge is 0.347 e. The lowest BCUT2D eigenvalue weighted by Gasteiger charge is -2.27. The van der Waals surface area contributed by atoms with Gasteiger partial charge in [0.1, 0.15) is 17.6 Å². The monoisotopic (exact) mass is 243 g/mol. The number of rotatable bonds is 2. The number of phenolic OH excluding ortho intramolecular Hbond substituents is 1. The van der Waals surface area contributed by atoms with E-state index in [1.165, 1.54) is 17.0 Å². The fourth-order valence-corrected chi connectivity index (χ4v) is 1.94. The summed E-state index contributed by atoms with van der Waals surface area (Å²) in [7, 11) is 0. The van der Waals surface area contributed by atoms with Crippen LogP contribution < -0.4 is 5.73 Å². The average molecular weight is 243 g/mol. The molecule has 18 heavy (non-hydrogen) atoms. The van der Waals surface area contributed by atoms with Gasteiger partial charge in [-0.2, -0.15) is 4.99 Å². The lowest BCUT2D eigenvalue weighted by atomic mass is 10.0. The molecule has 0 saturated carbocycles. The van der Waals surface area contributed by atoms with Crippen molar-refractivity contribution in [2.24, 2.45) is 10.7 Å². The van der Waals surface area contributed by atoms with Crippen LogP contribution in [0.1, 0.15) is 18.5 Å². The quantitative estimate of drug-likeness (QED) is 0.767. The predicted molar refractivity (Wildman–Crippen MR) is 68.0 cm³/mol. The molecular formula is C13H13N3O2. The van der Waals surface area contributed by atoms with Gasteiger partial charge in [0.2, 0.25) is 0 Å². The van der Waals surface area contributed by atoms with Crippen LogP contribution >= 0.6 is 0 Å². The summed E-state index contributed by atoms with van der Waals surface area (Å²) in [6.07, 6.45) is 5.35. The average Bonchev–Trinajstić information content (AvgIpc) is 2.64. The first-order valence-corrected chi connectivity index (χ1v) is 5.46. The van der Waals surface area contributed by atoms with Gasteiger partial charge in [-0.15, -0.1) is 6.42 Å². The first kappa shape index (κ1) is 12.0. The highest BCUT2D eigenvalue weighted by Crippen LogP contribution is 2.29. The van der Waals surface area contributed by atoms with E-state index in [1.54, 1.807) is 19.1 Å². The maximum atomic E-state index is 11.7. The fraction of sp³-hybridized carbons (Fsp3) is 0.231. The molecule has 2 unspecified atom stereocenters. The third-order valence-corrected chi connectivity index (χ3v) is 2.87. The number of carbonyl (C=O) groups excluding carboxylic acids is 1. The number of amidine groups is 1. The Morgan fingerprint density at radius 3 is 2.67 bits per heavy atom. The zero-order chi connectivity index (χ0) is 13.3. The molecule has 0 aromatic heterocycles. The summed E-state index contributed by atoms with van der Waals surface area (Å²) in [5.41, 5.74) is 6.54. The second kappa shape index (κ2) is 4.41. The molecule has 92 valence electrons. The van der Waals surface area contributed by atoms with Crippen LogP contribution in [0.3, 0.4) is 0 Å². The lowest BCUT2D eigenvalue weighted by Crippen LogP contribution is -2.38. The minimum Gasteiger partial charge on any atom is -0.508 e. The van der Waals surface area contributed by atoms with Crippen LogP contribution in [0, 0.1) is 12.3 Å². The number of nitrogens with two attached hydrogens (primary N) is 1. The molecule has 0 radical (unpaired) electrons. The van der Waals surface area contributed by atoms with Crippen molar-refractivity contribution in [3.05, 3.63) is 29.8 Å². The van der Waals surface area contributed by atoms with Gasteiger partial charge in [0.05, 0.1) is 6.04 Å². The van der Waals surface area contributed by atoms with E-state index in [9.17, 15) is 9.90 Å². The first-order chi connectivity index (χ1) is 8.54. The van der Waals surface area contributed by atoms with Crippen LogP contribution in [0.25, 0.3) is 0 Å². The van der Waals surface area contributed by atoms with E-state index >= 15 is 0 Å². The van der Waals surface area contributed by atoms with Gasteiger partial charge in [0, 0.05) is 0 Å². The Hall–Kier alpha value is -2.48. The van der Waals surface area contributed by atoms with Crippen LogP contribution in [0.5, 0.6) is 5.75 Å². The normalized spacial score (nSPS) is 20.4. The number of terminal acetylenes is 1. The van der Waals surface area contributed by atoms with Crippen molar-refractivity contribution < 1.29 is 9.90 Å². The van der Waals surface area contributed by atoms with Crippen molar-refractivity contribution in [3.63, 3.8) is 0 Å². The fourth-order valence-electron chi connectivity index (χ4n) is 1.94. The molecule has 1 aliphatic rings. The SMILES string of the molecule is C#CC(C)N1C(=O)N=C(N)C1c1ccc(O)cc1. The number of aliphatic imine (C=N–C) groups is 1. The Morgan fingerprint density at radius 1 is 1.50 bits per heavy atom. The highest BCUT2D eigenvalue weighted by atomic mass is 16.3. The zero-order valence-corrected chi connectivity index (χ0v) is 9.87. The molecule has 5 heteroatoms. The van der Waals surface area contributed by atoms with Gasteiger partial charge in [-0.25, -0.2) is 4.79 Å². The molecule has 1 aromatic rings. The van der Waals surface area contributed by atoms with Gasteiger partial charge in [-0.3, -0.25) is 4.90 Å². The Morgan fingerprint density at radius 2 is 2.11 bits per heavy atom. The van der Waals surface area contributed by atoms with E-state index in [4.69, 9.17) is 12.2 Å². The zero-order valence-electron chi connectivity index (χ0n) is 9.87. The largest absolute Gasteiger partial charge is 0.508 e. The summed E-state index contributed by atoms with van der Waals surface area (Å²) in [6.45, 7) is 1.74. The summed E-state index contributed by atoms with van der Waals surface area (Å²) >= 11 is 0. The van der Waals surface area contributed by atoms with Gasteiger partial charge < -0.3 is 10.8 Å². The molecule has 0 bridgehead atoms. The molecule has 0 spiro atoms. The molecular weight excluding hydrogens is 230 g/mol. The number of hydrogen-bond acceptors (Lipinski definition) is 3. The van der Waals surface area contributed by atoms with Crippen molar-refractivity contribution in [1.82, 2.24) is 4.90 Å². The second-order valence-corrected chi connectivity index (χ2v) is 4.06. The molecule has 1 aliphatic heterocycles. The van der Waals surface area contributed by atoms with Crippen molar-refractivity contribution in [1.29, 1.82) is 0 Å².